The Hall–Kier alpha value is -3.67. The lowest BCUT2D eigenvalue weighted by Gasteiger charge is -2.27. The molecule has 1 aromatic carbocycles. The zero-order chi connectivity index (χ0) is 21.3. The Bertz CT molecular complexity index is 1340. The van der Waals surface area contributed by atoms with Crippen LogP contribution in [0.1, 0.15) is 34.6 Å². The van der Waals surface area contributed by atoms with Gasteiger partial charge in [-0.1, -0.05) is 18.2 Å². The van der Waals surface area contributed by atoms with Gasteiger partial charge in [-0.05, 0) is 49.6 Å². The van der Waals surface area contributed by atoms with E-state index in [1.807, 2.05) is 55.0 Å². The predicted octanol–water partition coefficient (Wildman–Crippen LogP) is 4.32. The van der Waals surface area contributed by atoms with E-state index in [2.05, 4.69) is 45.1 Å². The third kappa shape index (κ3) is 2.54. The van der Waals surface area contributed by atoms with E-state index in [0.717, 1.165) is 46.6 Å². The fourth-order valence-corrected chi connectivity index (χ4v) is 4.84. The first-order chi connectivity index (χ1) is 15.0. The summed E-state index contributed by atoms with van der Waals surface area (Å²) >= 11 is 0. The quantitative estimate of drug-likeness (QED) is 0.495. The van der Waals surface area contributed by atoms with Gasteiger partial charge in [0.1, 0.15) is 5.69 Å². The molecule has 2 aliphatic rings. The molecule has 3 aromatic heterocycles. The van der Waals surface area contributed by atoms with Crippen LogP contribution in [0.4, 0.5) is 0 Å². The van der Waals surface area contributed by atoms with Crippen LogP contribution in [0.3, 0.4) is 0 Å². The van der Waals surface area contributed by atoms with Crippen LogP contribution < -0.4 is 0 Å². The fourth-order valence-electron chi connectivity index (χ4n) is 4.84. The first kappa shape index (κ1) is 18.1. The molecule has 154 valence electrons. The number of nitrogens with zero attached hydrogens (tertiary/aromatic N) is 5. The SMILES string of the molecule is Cc1ccc(-c2ccc3c(c2)-n2cc(-c4ccnn4C)cc2C(=O)N(C)C32CC2)cn1. The van der Waals surface area contributed by atoms with Crippen LogP contribution in [0.15, 0.2) is 61.1 Å². The summed E-state index contributed by atoms with van der Waals surface area (Å²) in [6, 6.07) is 14.6. The Balaban J connectivity index is 1.60. The average Bonchev–Trinajstić information content (AvgIpc) is 3.30. The third-order valence-corrected chi connectivity index (χ3v) is 6.83. The van der Waals surface area contributed by atoms with E-state index in [-0.39, 0.29) is 11.4 Å². The lowest BCUT2D eigenvalue weighted by atomic mass is 9.97. The summed E-state index contributed by atoms with van der Waals surface area (Å²) in [6.45, 7) is 1.99. The maximum Gasteiger partial charge on any atom is 0.271 e. The van der Waals surface area contributed by atoms with E-state index in [0.29, 0.717) is 5.69 Å². The van der Waals surface area contributed by atoms with E-state index in [1.54, 1.807) is 6.20 Å². The minimum absolute atomic E-state index is 0.0562. The summed E-state index contributed by atoms with van der Waals surface area (Å²) in [5.74, 6) is 0.0562. The molecule has 1 fully saturated rings. The number of aromatic nitrogens is 4. The van der Waals surface area contributed by atoms with Crippen molar-refractivity contribution in [2.75, 3.05) is 7.05 Å². The Morgan fingerprint density at radius 2 is 1.74 bits per heavy atom. The number of carbonyl (C=O) groups excluding carboxylic acids is 1. The second-order valence-electron chi connectivity index (χ2n) is 8.64. The molecule has 31 heavy (non-hydrogen) atoms. The maximum atomic E-state index is 13.5. The van der Waals surface area contributed by atoms with Crippen molar-refractivity contribution in [3.8, 4) is 28.1 Å². The average molecular weight is 409 g/mol. The van der Waals surface area contributed by atoms with Crippen LogP contribution in [0.25, 0.3) is 28.1 Å². The van der Waals surface area contributed by atoms with Crippen molar-refractivity contribution in [1.29, 1.82) is 0 Å². The van der Waals surface area contributed by atoms with Crippen molar-refractivity contribution in [3.63, 3.8) is 0 Å². The van der Waals surface area contributed by atoms with Crippen LogP contribution in [0.2, 0.25) is 0 Å². The van der Waals surface area contributed by atoms with E-state index < -0.39 is 0 Å². The molecule has 1 spiro atoms. The molecule has 1 amide bonds. The normalized spacial score (nSPS) is 16.2. The predicted molar refractivity (Wildman–Crippen MR) is 119 cm³/mol. The number of aryl methyl sites for hydroxylation is 2. The van der Waals surface area contributed by atoms with Crippen LogP contribution in [-0.2, 0) is 12.6 Å². The summed E-state index contributed by atoms with van der Waals surface area (Å²) in [6.07, 6.45) is 7.74. The summed E-state index contributed by atoms with van der Waals surface area (Å²) in [5.41, 5.74) is 7.88. The molecule has 0 radical (unpaired) electrons. The Morgan fingerprint density at radius 1 is 0.935 bits per heavy atom. The van der Waals surface area contributed by atoms with Gasteiger partial charge in [0.05, 0.1) is 16.9 Å². The van der Waals surface area contributed by atoms with Gasteiger partial charge in [0.2, 0.25) is 0 Å². The third-order valence-electron chi connectivity index (χ3n) is 6.83. The van der Waals surface area contributed by atoms with Crippen molar-refractivity contribution in [3.05, 3.63) is 78.0 Å². The van der Waals surface area contributed by atoms with Gasteiger partial charge in [-0.15, -0.1) is 0 Å². The highest BCUT2D eigenvalue weighted by Gasteiger charge is 2.53. The van der Waals surface area contributed by atoms with Gasteiger partial charge in [-0.2, -0.15) is 5.10 Å². The van der Waals surface area contributed by atoms with E-state index in [4.69, 9.17) is 0 Å². The smallest absolute Gasteiger partial charge is 0.271 e. The molecule has 0 atom stereocenters. The molecule has 6 heteroatoms. The Morgan fingerprint density at radius 3 is 2.42 bits per heavy atom. The summed E-state index contributed by atoms with van der Waals surface area (Å²) < 4.78 is 3.90. The Kier molecular flexibility index (Phi) is 3.61. The Labute approximate surface area is 180 Å². The molecular weight excluding hydrogens is 386 g/mol. The minimum Gasteiger partial charge on any atom is -0.331 e. The largest absolute Gasteiger partial charge is 0.331 e. The van der Waals surface area contributed by atoms with Gasteiger partial charge in [0.25, 0.3) is 5.91 Å². The van der Waals surface area contributed by atoms with Crippen LogP contribution >= 0.6 is 0 Å². The van der Waals surface area contributed by atoms with Crippen molar-refractivity contribution < 1.29 is 4.79 Å². The molecule has 1 saturated carbocycles. The van der Waals surface area contributed by atoms with Crippen LogP contribution in [0.5, 0.6) is 0 Å². The molecule has 1 aliphatic carbocycles. The molecule has 0 unspecified atom stereocenters. The molecule has 6 nitrogen and oxygen atoms in total. The van der Waals surface area contributed by atoms with Gasteiger partial charge in [0, 0.05) is 55.1 Å². The summed E-state index contributed by atoms with van der Waals surface area (Å²) in [4.78, 5) is 19.9. The molecule has 0 N–H and O–H groups in total. The van der Waals surface area contributed by atoms with Crippen LogP contribution in [-0.4, -0.2) is 37.2 Å². The van der Waals surface area contributed by atoms with E-state index >= 15 is 0 Å². The van der Waals surface area contributed by atoms with Crippen molar-refractivity contribution in [2.45, 2.75) is 25.3 Å². The lowest BCUT2D eigenvalue weighted by molar-refractivity contribution is 0.0705. The van der Waals surface area contributed by atoms with Crippen molar-refractivity contribution in [2.24, 2.45) is 7.05 Å². The van der Waals surface area contributed by atoms with E-state index in [1.165, 1.54) is 5.56 Å². The first-order valence-electron chi connectivity index (χ1n) is 10.5. The lowest BCUT2D eigenvalue weighted by Crippen LogP contribution is -2.36. The number of carbonyl (C=O) groups is 1. The van der Waals surface area contributed by atoms with Crippen molar-refractivity contribution in [1.82, 2.24) is 24.2 Å². The second kappa shape index (κ2) is 6.17. The number of rotatable bonds is 2. The molecular formula is C25H23N5O. The number of fused-ring (bicyclic) bond motifs is 4. The molecule has 4 aromatic rings. The van der Waals surface area contributed by atoms with Gasteiger partial charge >= 0.3 is 0 Å². The summed E-state index contributed by atoms with van der Waals surface area (Å²) in [5, 5.41) is 4.30. The number of amides is 1. The summed E-state index contributed by atoms with van der Waals surface area (Å²) in [7, 11) is 3.85. The van der Waals surface area contributed by atoms with Crippen molar-refractivity contribution >= 4 is 5.91 Å². The zero-order valence-corrected chi connectivity index (χ0v) is 17.8. The van der Waals surface area contributed by atoms with E-state index in [9.17, 15) is 4.79 Å². The number of hydrogen-bond donors (Lipinski definition) is 0. The molecule has 0 saturated heterocycles. The molecule has 1 aliphatic heterocycles. The monoisotopic (exact) mass is 409 g/mol. The first-order valence-corrected chi connectivity index (χ1v) is 10.5. The standard InChI is InChI=1S/C25H23N5O/c1-16-4-5-18(14-26-16)17-6-7-20-22(12-17)30-15-19(21-8-11-27-29(21)3)13-23(30)24(31)28(2)25(20)9-10-25/h4-8,11-15H,9-10H2,1-3H3. The molecule has 0 bridgehead atoms. The second-order valence-corrected chi connectivity index (χ2v) is 8.64. The maximum absolute atomic E-state index is 13.5. The number of benzene rings is 1. The highest BCUT2D eigenvalue weighted by atomic mass is 16.2. The van der Waals surface area contributed by atoms with Gasteiger partial charge in [-0.25, -0.2) is 0 Å². The number of pyridine rings is 1. The fraction of sp³-hybridized carbons (Fsp3) is 0.240. The van der Waals surface area contributed by atoms with Gasteiger partial charge in [0.15, 0.2) is 0 Å². The highest BCUT2D eigenvalue weighted by molar-refractivity contribution is 5.97. The zero-order valence-electron chi connectivity index (χ0n) is 17.8. The van der Waals surface area contributed by atoms with Gasteiger partial charge < -0.3 is 9.47 Å². The minimum atomic E-state index is -0.206. The topological polar surface area (TPSA) is 56.0 Å². The highest BCUT2D eigenvalue weighted by Crippen LogP contribution is 2.54. The van der Waals surface area contributed by atoms with Crippen LogP contribution in [0, 0.1) is 6.92 Å². The molecule has 6 rings (SSSR count). The van der Waals surface area contributed by atoms with Gasteiger partial charge in [-0.3, -0.25) is 14.5 Å². The number of hydrogen-bond acceptors (Lipinski definition) is 3. The molecule has 4 heterocycles.